The highest BCUT2D eigenvalue weighted by Gasteiger charge is 2.23. The van der Waals surface area contributed by atoms with E-state index in [0.29, 0.717) is 11.1 Å². The first-order valence-electron chi connectivity index (χ1n) is 13.6. The van der Waals surface area contributed by atoms with Crippen LogP contribution in [0.2, 0.25) is 0 Å². The number of rotatable bonds is 3. The highest BCUT2D eigenvalue weighted by Crippen LogP contribution is 2.45. The van der Waals surface area contributed by atoms with Gasteiger partial charge in [0.25, 0.3) is 0 Å². The zero-order chi connectivity index (χ0) is 28.2. The molecule has 8 aromatic rings. The van der Waals surface area contributed by atoms with Crippen molar-refractivity contribution in [3.63, 3.8) is 0 Å². The van der Waals surface area contributed by atoms with Crippen LogP contribution < -0.4 is 0 Å². The standard InChI is InChI=1S/C38H20N2OS/c39-21-26-20-29(24-15-17-36-31(18-24)28-11-5-7-13-35(28)42-36)32(22-40)38(23-8-2-1-3-9-23)37(26)25-14-16-34-30(19-25)27-10-4-6-12-33(27)41-34/h1-20H. The Kier molecular flexibility index (Phi) is 5.44. The third kappa shape index (κ3) is 3.64. The van der Waals surface area contributed by atoms with Gasteiger partial charge in [-0.2, -0.15) is 10.5 Å². The van der Waals surface area contributed by atoms with Gasteiger partial charge in [-0.05, 0) is 59.2 Å². The Bertz CT molecular complexity index is 2430. The molecule has 0 saturated carbocycles. The Morgan fingerprint density at radius 3 is 2.02 bits per heavy atom. The zero-order valence-corrected chi connectivity index (χ0v) is 23.1. The summed E-state index contributed by atoms with van der Waals surface area (Å²) in [6.07, 6.45) is 0. The summed E-state index contributed by atoms with van der Waals surface area (Å²) in [5, 5.41) is 25.6. The number of para-hydroxylation sites is 1. The molecule has 3 nitrogen and oxygen atoms in total. The van der Waals surface area contributed by atoms with E-state index in [9.17, 15) is 10.5 Å². The summed E-state index contributed by atoms with van der Waals surface area (Å²) in [6.45, 7) is 0. The fraction of sp³-hybridized carbons (Fsp3) is 0. The van der Waals surface area contributed by atoms with Gasteiger partial charge in [-0.1, -0.05) is 78.9 Å². The Morgan fingerprint density at radius 1 is 0.500 bits per heavy atom. The third-order valence-corrected chi connectivity index (χ3v) is 9.13. The van der Waals surface area contributed by atoms with Gasteiger partial charge in [-0.3, -0.25) is 0 Å². The van der Waals surface area contributed by atoms with E-state index in [1.165, 1.54) is 14.8 Å². The van der Waals surface area contributed by atoms with Gasteiger partial charge in [0.1, 0.15) is 17.2 Å². The summed E-state index contributed by atoms with van der Waals surface area (Å²) in [4.78, 5) is 0. The molecule has 2 heterocycles. The molecule has 0 aliphatic rings. The van der Waals surface area contributed by atoms with Crippen molar-refractivity contribution in [1.29, 1.82) is 10.5 Å². The molecule has 0 radical (unpaired) electrons. The first-order valence-corrected chi connectivity index (χ1v) is 14.4. The van der Waals surface area contributed by atoms with Gasteiger partial charge in [0.15, 0.2) is 0 Å². The molecular weight excluding hydrogens is 532 g/mol. The van der Waals surface area contributed by atoms with Crippen LogP contribution >= 0.6 is 11.3 Å². The van der Waals surface area contributed by atoms with Crippen LogP contribution in [-0.4, -0.2) is 0 Å². The Hall–Kier alpha value is -5.68. The summed E-state index contributed by atoms with van der Waals surface area (Å²) in [7, 11) is 0. The van der Waals surface area contributed by atoms with Crippen molar-refractivity contribution in [1.82, 2.24) is 0 Å². The molecular formula is C38H20N2OS. The molecule has 0 saturated heterocycles. The summed E-state index contributed by atoms with van der Waals surface area (Å²) in [6, 6.07) is 45.5. The van der Waals surface area contributed by atoms with Crippen molar-refractivity contribution >= 4 is 53.4 Å². The van der Waals surface area contributed by atoms with Crippen LogP contribution in [0.3, 0.4) is 0 Å². The molecule has 0 aliphatic carbocycles. The van der Waals surface area contributed by atoms with E-state index in [1.807, 2.05) is 72.8 Å². The van der Waals surface area contributed by atoms with E-state index >= 15 is 0 Å². The summed E-state index contributed by atoms with van der Waals surface area (Å²) < 4.78 is 8.50. The van der Waals surface area contributed by atoms with Crippen molar-refractivity contribution in [2.24, 2.45) is 0 Å². The second kappa shape index (κ2) is 9.46. The molecule has 8 rings (SSSR count). The molecule has 0 fully saturated rings. The largest absolute Gasteiger partial charge is 0.456 e. The van der Waals surface area contributed by atoms with E-state index in [2.05, 4.69) is 60.7 Å². The molecule has 42 heavy (non-hydrogen) atoms. The molecule has 0 aliphatic heterocycles. The van der Waals surface area contributed by atoms with Gasteiger partial charge in [-0.25, -0.2) is 0 Å². The number of hydrogen-bond donors (Lipinski definition) is 0. The van der Waals surface area contributed by atoms with Gasteiger partial charge < -0.3 is 4.42 Å². The lowest BCUT2D eigenvalue weighted by atomic mass is 9.83. The van der Waals surface area contributed by atoms with Gasteiger partial charge >= 0.3 is 0 Å². The second-order valence-electron chi connectivity index (χ2n) is 10.3. The van der Waals surface area contributed by atoms with Crippen LogP contribution in [0.5, 0.6) is 0 Å². The molecule has 0 N–H and O–H groups in total. The molecule has 2 aromatic heterocycles. The van der Waals surface area contributed by atoms with Crippen LogP contribution in [0.4, 0.5) is 0 Å². The average molecular weight is 553 g/mol. The van der Waals surface area contributed by atoms with E-state index in [1.54, 1.807) is 11.3 Å². The molecule has 0 spiro atoms. The topological polar surface area (TPSA) is 60.7 Å². The van der Waals surface area contributed by atoms with Crippen molar-refractivity contribution < 1.29 is 4.42 Å². The van der Waals surface area contributed by atoms with Crippen molar-refractivity contribution in [2.45, 2.75) is 0 Å². The van der Waals surface area contributed by atoms with E-state index in [-0.39, 0.29) is 0 Å². The van der Waals surface area contributed by atoms with Crippen molar-refractivity contribution in [3.8, 4) is 45.5 Å². The Labute approximate surface area is 245 Å². The van der Waals surface area contributed by atoms with Gasteiger partial charge in [-0.15, -0.1) is 11.3 Å². The summed E-state index contributed by atoms with van der Waals surface area (Å²) in [5.41, 5.74) is 7.60. The van der Waals surface area contributed by atoms with E-state index in [0.717, 1.165) is 60.7 Å². The number of nitriles is 2. The smallest absolute Gasteiger partial charge is 0.135 e. The number of hydrogen-bond acceptors (Lipinski definition) is 4. The Morgan fingerprint density at radius 2 is 1.19 bits per heavy atom. The van der Waals surface area contributed by atoms with Crippen LogP contribution in [0.15, 0.2) is 126 Å². The third-order valence-electron chi connectivity index (χ3n) is 7.98. The molecule has 0 unspecified atom stereocenters. The van der Waals surface area contributed by atoms with Crippen molar-refractivity contribution in [3.05, 3.63) is 132 Å². The van der Waals surface area contributed by atoms with Crippen LogP contribution in [0, 0.1) is 22.7 Å². The molecule has 194 valence electrons. The molecule has 6 aromatic carbocycles. The highest BCUT2D eigenvalue weighted by atomic mass is 32.1. The average Bonchev–Trinajstić information content (AvgIpc) is 3.61. The van der Waals surface area contributed by atoms with Gasteiger partial charge in [0, 0.05) is 47.6 Å². The summed E-state index contributed by atoms with van der Waals surface area (Å²) >= 11 is 1.76. The van der Waals surface area contributed by atoms with E-state index < -0.39 is 0 Å². The lowest BCUT2D eigenvalue weighted by molar-refractivity contribution is 0.669. The fourth-order valence-electron chi connectivity index (χ4n) is 6.08. The maximum absolute atomic E-state index is 10.7. The lowest BCUT2D eigenvalue weighted by Gasteiger charge is -2.18. The number of benzene rings is 6. The van der Waals surface area contributed by atoms with Gasteiger partial charge in [0.05, 0.1) is 17.2 Å². The van der Waals surface area contributed by atoms with Gasteiger partial charge in [0.2, 0.25) is 0 Å². The minimum Gasteiger partial charge on any atom is -0.456 e. The molecule has 4 heteroatoms. The predicted octanol–water partition coefficient (Wildman–Crippen LogP) is 10.7. The first kappa shape index (κ1) is 24.1. The molecule has 0 atom stereocenters. The highest BCUT2D eigenvalue weighted by molar-refractivity contribution is 7.25. The number of fused-ring (bicyclic) bond motifs is 6. The van der Waals surface area contributed by atoms with Crippen LogP contribution in [0.1, 0.15) is 11.1 Å². The van der Waals surface area contributed by atoms with Crippen molar-refractivity contribution in [2.75, 3.05) is 0 Å². The van der Waals surface area contributed by atoms with Crippen LogP contribution in [0.25, 0.3) is 75.5 Å². The SMILES string of the molecule is N#Cc1cc(-c2ccc3sc4ccccc4c3c2)c(C#N)c(-c2ccccc2)c1-c1ccc2oc3ccccc3c2c1. The number of nitrogens with zero attached hydrogens (tertiary/aromatic N) is 2. The fourth-order valence-corrected chi connectivity index (χ4v) is 7.17. The number of furan rings is 1. The molecule has 0 bridgehead atoms. The number of thiophene rings is 1. The normalized spacial score (nSPS) is 11.3. The Balaban J connectivity index is 1.45. The second-order valence-corrected chi connectivity index (χ2v) is 11.4. The monoisotopic (exact) mass is 552 g/mol. The molecule has 0 amide bonds. The van der Waals surface area contributed by atoms with Crippen LogP contribution in [-0.2, 0) is 0 Å². The summed E-state index contributed by atoms with van der Waals surface area (Å²) in [5.74, 6) is 0. The minimum atomic E-state index is 0.519. The zero-order valence-electron chi connectivity index (χ0n) is 22.3. The maximum atomic E-state index is 10.7. The lowest BCUT2D eigenvalue weighted by Crippen LogP contribution is -1.98. The quantitative estimate of drug-likeness (QED) is 0.219. The van der Waals surface area contributed by atoms with E-state index in [4.69, 9.17) is 4.42 Å². The minimum absolute atomic E-state index is 0.519. The predicted molar refractivity (Wildman–Crippen MR) is 172 cm³/mol. The maximum Gasteiger partial charge on any atom is 0.135 e. The first-order chi connectivity index (χ1) is 20.7.